The van der Waals surface area contributed by atoms with E-state index in [-0.39, 0.29) is 0 Å². The van der Waals surface area contributed by atoms with Gasteiger partial charge in [-0.1, -0.05) is 19.9 Å². The van der Waals surface area contributed by atoms with E-state index in [0.717, 1.165) is 18.3 Å². The maximum atomic E-state index is 13.5. The van der Waals surface area contributed by atoms with Gasteiger partial charge in [-0.3, -0.25) is 4.68 Å². The largest absolute Gasteiger partial charge is 0.311 e. The highest BCUT2D eigenvalue weighted by molar-refractivity contribution is 5.19. The topological polar surface area (TPSA) is 29.9 Å². The van der Waals surface area contributed by atoms with E-state index in [1.165, 1.54) is 12.1 Å². The Labute approximate surface area is 117 Å². The first kappa shape index (κ1) is 14.7. The zero-order valence-electron chi connectivity index (χ0n) is 11.7. The van der Waals surface area contributed by atoms with Crippen LogP contribution in [0.1, 0.15) is 25.1 Å². The van der Waals surface area contributed by atoms with E-state index >= 15 is 0 Å². The Morgan fingerprint density at radius 1 is 1.25 bits per heavy atom. The fourth-order valence-corrected chi connectivity index (χ4v) is 1.90. The summed E-state index contributed by atoms with van der Waals surface area (Å²) in [6.45, 7) is 6.21. The molecular formula is C15H19F2N3. The minimum atomic E-state index is -0.565. The molecule has 0 saturated carbocycles. The Morgan fingerprint density at radius 3 is 2.75 bits per heavy atom. The van der Waals surface area contributed by atoms with E-state index in [4.69, 9.17) is 0 Å². The van der Waals surface area contributed by atoms with Crippen LogP contribution >= 0.6 is 0 Å². The van der Waals surface area contributed by atoms with Gasteiger partial charge in [0.1, 0.15) is 11.6 Å². The molecule has 0 unspecified atom stereocenters. The first-order valence-corrected chi connectivity index (χ1v) is 6.71. The van der Waals surface area contributed by atoms with Gasteiger partial charge in [0, 0.05) is 24.4 Å². The molecule has 0 aliphatic rings. The van der Waals surface area contributed by atoms with Crippen molar-refractivity contribution in [3.63, 3.8) is 0 Å². The summed E-state index contributed by atoms with van der Waals surface area (Å²) >= 11 is 0. The van der Waals surface area contributed by atoms with E-state index in [0.29, 0.717) is 24.6 Å². The highest BCUT2D eigenvalue weighted by Crippen LogP contribution is 2.11. The molecule has 108 valence electrons. The van der Waals surface area contributed by atoms with Crippen molar-refractivity contribution in [2.75, 3.05) is 6.54 Å². The van der Waals surface area contributed by atoms with Crippen molar-refractivity contribution >= 4 is 0 Å². The van der Waals surface area contributed by atoms with Gasteiger partial charge in [-0.25, -0.2) is 8.78 Å². The van der Waals surface area contributed by atoms with Gasteiger partial charge in [-0.05, 0) is 24.6 Å². The first-order valence-electron chi connectivity index (χ1n) is 6.71. The maximum absolute atomic E-state index is 13.5. The summed E-state index contributed by atoms with van der Waals surface area (Å²) in [4.78, 5) is 0. The van der Waals surface area contributed by atoms with Gasteiger partial charge < -0.3 is 5.32 Å². The fourth-order valence-electron chi connectivity index (χ4n) is 1.90. The normalized spacial score (nSPS) is 11.2. The summed E-state index contributed by atoms with van der Waals surface area (Å²) in [6, 6.07) is 5.49. The number of nitrogens with zero attached hydrogens (tertiary/aromatic N) is 2. The molecule has 1 N–H and O–H groups in total. The summed E-state index contributed by atoms with van der Waals surface area (Å²) in [5, 5.41) is 7.66. The fraction of sp³-hybridized carbons (Fsp3) is 0.400. The van der Waals surface area contributed by atoms with Crippen molar-refractivity contribution in [3.8, 4) is 0 Å². The van der Waals surface area contributed by atoms with E-state index in [2.05, 4.69) is 24.3 Å². The van der Waals surface area contributed by atoms with Crippen LogP contribution in [0.25, 0.3) is 0 Å². The summed E-state index contributed by atoms with van der Waals surface area (Å²) in [5.41, 5.74) is 1.34. The summed E-state index contributed by atoms with van der Waals surface area (Å²) in [5.74, 6) is -0.518. The lowest BCUT2D eigenvalue weighted by atomic mass is 10.2. The second-order valence-corrected chi connectivity index (χ2v) is 5.27. The average molecular weight is 279 g/mol. The number of rotatable bonds is 6. The summed E-state index contributed by atoms with van der Waals surface area (Å²) < 4.78 is 28.0. The van der Waals surface area contributed by atoms with Crippen LogP contribution < -0.4 is 5.32 Å². The number of benzene rings is 1. The number of aromatic nitrogens is 2. The van der Waals surface area contributed by atoms with E-state index in [9.17, 15) is 8.78 Å². The predicted octanol–water partition coefficient (Wildman–Crippen LogP) is 2.96. The Balaban J connectivity index is 1.95. The molecule has 0 spiro atoms. The zero-order valence-corrected chi connectivity index (χ0v) is 11.7. The minimum Gasteiger partial charge on any atom is -0.311 e. The van der Waals surface area contributed by atoms with Gasteiger partial charge in [0.2, 0.25) is 0 Å². The Kier molecular flexibility index (Phi) is 4.84. The number of halogens is 2. The molecule has 5 heteroatoms. The number of hydrogen-bond acceptors (Lipinski definition) is 2. The van der Waals surface area contributed by atoms with Crippen LogP contribution in [0.3, 0.4) is 0 Å². The van der Waals surface area contributed by atoms with Crippen molar-refractivity contribution in [1.29, 1.82) is 0 Å². The van der Waals surface area contributed by atoms with Crippen LogP contribution in [0.5, 0.6) is 0 Å². The van der Waals surface area contributed by atoms with Crippen LogP contribution in [0.4, 0.5) is 8.78 Å². The van der Waals surface area contributed by atoms with Crippen LogP contribution in [-0.2, 0) is 13.1 Å². The Hall–Kier alpha value is -1.75. The van der Waals surface area contributed by atoms with Gasteiger partial charge in [-0.2, -0.15) is 5.10 Å². The summed E-state index contributed by atoms with van der Waals surface area (Å²) in [6.07, 6.45) is 1.80. The Bertz CT molecular complexity index is 564. The molecule has 0 aliphatic carbocycles. The third-order valence-corrected chi connectivity index (χ3v) is 2.90. The number of nitrogens with one attached hydrogen (secondary N) is 1. The molecule has 0 atom stereocenters. The van der Waals surface area contributed by atoms with E-state index in [1.54, 1.807) is 10.9 Å². The smallest absolute Gasteiger partial charge is 0.131 e. The first-order chi connectivity index (χ1) is 9.54. The molecule has 3 nitrogen and oxygen atoms in total. The second-order valence-electron chi connectivity index (χ2n) is 5.27. The van der Waals surface area contributed by atoms with Crippen LogP contribution in [0.2, 0.25) is 0 Å². The quantitative estimate of drug-likeness (QED) is 0.881. The molecule has 0 saturated heterocycles. The van der Waals surface area contributed by atoms with Crippen molar-refractivity contribution in [3.05, 3.63) is 53.4 Å². The molecule has 1 aromatic heterocycles. The lowest BCUT2D eigenvalue weighted by molar-refractivity contribution is 0.538. The van der Waals surface area contributed by atoms with Gasteiger partial charge >= 0.3 is 0 Å². The molecule has 2 aromatic rings. The SMILES string of the molecule is CC(C)CNCc1ccn(Cc2ccc(F)cc2F)n1. The van der Waals surface area contributed by atoms with Crippen molar-refractivity contribution in [2.24, 2.45) is 5.92 Å². The minimum absolute atomic E-state index is 0.302. The number of hydrogen-bond donors (Lipinski definition) is 1. The van der Waals surface area contributed by atoms with Crippen molar-refractivity contribution in [2.45, 2.75) is 26.9 Å². The molecular weight excluding hydrogens is 260 g/mol. The Morgan fingerprint density at radius 2 is 2.05 bits per heavy atom. The monoisotopic (exact) mass is 279 g/mol. The third kappa shape index (κ3) is 4.13. The highest BCUT2D eigenvalue weighted by atomic mass is 19.1. The van der Waals surface area contributed by atoms with E-state index < -0.39 is 11.6 Å². The summed E-state index contributed by atoms with van der Waals surface area (Å²) in [7, 11) is 0. The lowest BCUT2D eigenvalue weighted by Crippen LogP contribution is -2.19. The average Bonchev–Trinajstić information content (AvgIpc) is 2.80. The molecule has 0 aliphatic heterocycles. The van der Waals surface area contributed by atoms with Crippen molar-refractivity contribution in [1.82, 2.24) is 15.1 Å². The molecule has 20 heavy (non-hydrogen) atoms. The molecule has 0 radical (unpaired) electrons. The van der Waals surface area contributed by atoms with Gasteiger partial charge in [0.25, 0.3) is 0 Å². The van der Waals surface area contributed by atoms with Crippen LogP contribution in [0, 0.1) is 17.6 Å². The lowest BCUT2D eigenvalue weighted by Gasteiger charge is -2.06. The maximum Gasteiger partial charge on any atom is 0.131 e. The molecule has 0 fully saturated rings. The molecule has 0 bridgehead atoms. The molecule has 1 heterocycles. The standard InChI is InChI=1S/C15H19F2N3/c1-11(2)8-18-9-14-5-6-20(19-14)10-12-3-4-13(16)7-15(12)17/h3-7,11,18H,8-10H2,1-2H3. The van der Waals surface area contributed by atoms with Gasteiger partial charge in [-0.15, -0.1) is 0 Å². The van der Waals surface area contributed by atoms with Crippen LogP contribution in [0.15, 0.2) is 30.5 Å². The third-order valence-electron chi connectivity index (χ3n) is 2.90. The van der Waals surface area contributed by atoms with E-state index in [1.807, 2.05) is 6.07 Å². The van der Waals surface area contributed by atoms with Gasteiger partial charge in [0.15, 0.2) is 0 Å². The molecule has 2 rings (SSSR count). The second kappa shape index (κ2) is 6.61. The predicted molar refractivity (Wildman–Crippen MR) is 74.2 cm³/mol. The van der Waals surface area contributed by atoms with Crippen LogP contribution in [-0.4, -0.2) is 16.3 Å². The zero-order chi connectivity index (χ0) is 14.5. The van der Waals surface area contributed by atoms with Gasteiger partial charge in [0.05, 0.1) is 12.2 Å². The highest BCUT2D eigenvalue weighted by Gasteiger charge is 2.06. The molecule has 0 amide bonds. The van der Waals surface area contributed by atoms with Crippen molar-refractivity contribution < 1.29 is 8.78 Å². The molecule has 1 aromatic carbocycles.